The third kappa shape index (κ3) is 4.50. The van der Waals surface area contributed by atoms with E-state index in [1.807, 2.05) is 6.92 Å². The van der Waals surface area contributed by atoms with Gasteiger partial charge in [-0.2, -0.15) is 0 Å². The van der Waals surface area contributed by atoms with Gasteiger partial charge in [0.1, 0.15) is 0 Å². The molecule has 0 aliphatic carbocycles. The Labute approximate surface area is 111 Å². The van der Waals surface area contributed by atoms with Gasteiger partial charge < -0.3 is 15.6 Å². The van der Waals surface area contributed by atoms with Crippen LogP contribution in [0.25, 0.3) is 0 Å². The molecule has 0 saturated carbocycles. The highest BCUT2D eigenvalue weighted by Gasteiger charge is 2.27. The molecule has 1 aliphatic rings. The van der Waals surface area contributed by atoms with Gasteiger partial charge in [-0.1, -0.05) is 13.8 Å². The van der Waals surface area contributed by atoms with Crippen molar-refractivity contribution in [2.75, 3.05) is 26.2 Å². The van der Waals surface area contributed by atoms with Gasteiger partial charge in [-0.05, 0) is 39.2 Å². The van der Waals surface area contributed by atoms with Crippen molar-refractivity contribution in [2.24, 2.45) is 5.73 Å². The minimum atomic E-state index is -0.667. The molecular weight excluding hydrogens is 228 g/mol. The Kier molecular flexibility index (Phi) is 6.57. The van der Waals surface area contributed by atoms with Crippen LogP contribution in [0.1, 0.15) is 46.5 Å². The first kappa shape index (κ1) is 15.9. The Morgan fingerprint density at radius 3 is 2.72 bits per heavy atom. The highest BCUT2D eigenvalue weighted by molar-refractivity contribution is 4.81. The smallest absolute Gasteiger partial charge is 0.0767 e. The normalized spacial score (nSPS) is 29.2. The van der Waals surface area contributed by atoms with Crippen molar-refractivity contribution in [1.82, 2.24) is 4.90 Å². The average Bonchev–Trinajstić information content (AvgIpc) is 2.39. The summed E-state index contributed by atoms with van der Waals surface area (Å²) in [7, 11) is 0. The number of morpholine rings is 1. The van der Waals surface area contributed by atoms with E-state index in [9.17, 15) is 5.11 Å². The molecule has 4 nitrogen and oxygen atoms in total. The van der Waals surface area contributed by atoms with Crippen molar-refractivity contribution in [2.45, 2.75) is 64.2 Å². The fraction of sp³-hybridized carbons (Fsp3) is 1.00. The minimum absolute atomic E-state index is 0.326. The molecule has 0 aromatic heterocycles. The van der Waals surface area contributed by atoms with E-state index in [-0.39, 0.29) is 0 Å². The van der Waals surface area contributed by atoms with Crippen LogP contribution in [0, 0.1) is 0 Å². The molecule has 4 heteroatoms. The van der Waals surface area contributed by atoms with Gasteiger partial charge in [0.15, 0.2) is 0 Å². The summed E-state index contributed by atoms with van der Waals surface area (Å²) in [6.07, 6.45) is 3.99. The van der Waals surface area contributed by atoms with Gasteiger partial charge in [0.05, 0.1) is 18.3 Å². The van der Waals surface area contributed by atoms with Crippen molar-refractivity contribution in [1.29, 1.82) is 0 Å². The van der Waals surface area contributed by atoms with E-state index < -0.39 is 5.60 Å². The second-order valence-corrected chi connectivity index (χ2v) is 5.59. The number of nitrogens with two attached hydrogens (primary N) is 1. The largest absolute Gasteiger partial charge is 0.389 e. The average molecular weight is 258 g/mol. The second-order valence-electron chi connectivity index (χ2n) is 5.59. The number of ether oxygens (including phenoxy) is 1. The molecule has 3 atom stereocenters. The van der Waals surface area contributed by atoms with Crippen LogP contribution in [-0.2, 0) is 4.74 Å². The van der Waals surface area contributed by atoms with Gasteiger partial charge in [-0.25, -0.2) is 0 Å². The van der Waals surface area contributed by atoms with Gasteiger partial charge in [0.25, 0.3) is 0 Å². The lowest BCUT2D eigenvalue weighted by molar-refractivity contribution is -0.0584. The molecule has 3 N–H and O–H groups in total. The van der Waals surface area contributed by atoms with Crippen molar-refractivity contribution >= 4 is 0 Å². The molecule has 1 saturated heterocycles. The molecular formula is C14H30N2O2. The lowest BCUT2D eigenvalue weighted by Crippen LogP contribution is -2.49. The van der Waals surface area contributed by atoms with Crippen LogP contribution in [0.2, 0.25) is 0 Å². The summed E-state index contributed by atoms with van der Waals surface area (Å²) < 4.78 is 5.69. The maximum Gasteiger partial charge on any atom is 0.0767 e. The van der Waals surface area contributed by atoms with E-state index in [1.165, 1.54) is 0 Å². The van der Waals surface area contributed by atoms with E-state index in [1.54, 1.807) is 0 Å². The summed E-state index contributed by atoms with van der Waals surface area (Å²) in [5, 5.41) is 10.2. The van der Waals surface area contributed by atoms with Crippen molar-refractivity contribution in [3.63, 3.8) is 0 Å². The van der Waals surface area contributed by atoms with Crippen LogP contribution < -0.4 is 5.73 Å². The Hall–Kier alpha value is -0.160. The number of aliphatic hydroxyl groups is 1. The van der Waals surface area contributed by atoms with Crippen molar-refractivity contribution in [3.05, 3.63) is 0 Å². The van der Waals surface area contributed by atoms with Gasteiger partial charge in [-0.3, -0.25) is 4.90 Å². The first-order valence-electron chi connectivity index (χ1n) is 7.32. The summed E-state index contributed by atoms with van der Waals surface area (Å²) in [5.74, 6) is 0. The topological polar surface area (TPSA) is 58.7 Å². The summed E-state index contributed by atoms with van der Waals surface area (Å²) in [6.45, 7) is 9.58. The second kappa shape index (κ2) is 7.43. The van der Waals surface area contributed by atoms with Crippen LogP contribution in [0.3, 0.4) is 0 Å². The molecule has 0 radical (unpaired) electrons. The van der Waals surface area contributed by atoms with E-state index in [0.717, 1.165) is 45.4 Å². The molecule has 1 rings (SSSR count). The summed E-state index contributed by atoms with van der Waals surface area (Å²) >= 11 is 0. The fourth-order valence-electron chi connectivity index (χ4n) is 2.60. The van der Waals surface area contributed by atoms with Crippen LogP contribution >= 0.6 is 0 Å². The van der Waals surface area contributed by atoms with Crippen molar-refractivity contribution in [3.8, 4) is 0 Å². The van der Waals surface area contributed by atoms with Crippen molar-refractivity contribution < 1.29 is 9.84 Å². The molecule has 0 aromatic carbocycles. The fourth-order valence-corrected chi connectivity index (χ4v) is 2.60. The Bertz CT molecular complexity index is 232. The van der Waals surface area contributed by atoms with Crippen LogP contribution in [0.5, 0.6) is 0 Å². The summed E-state index contributed by atoms with van der Waals surface area (Å²) in [4.78, 5) is 2.50. The van der Waals surface area contributed by atoms with Gasteiger partial charge in [0, 0.05) is 19.1 Å². The first-order valence-corrected chi connectivity index (χ1v) is 7.32. The Morgan fingerprint density at radius 1 is 1.44 bits per heavy atom. The first-order chi connectivity index (χ1) is 8.54. The number of nitrogens with zero attached hydrogens (tertiary/aromatic N) is 1. The van der Waals surface area contributed by atoms with E-state index in [0.29, 0.717) is 18.7 Å². The molecule has 0 bridgehead atoms. The quantitative estimate of drug-likeness (QED) is 0.724. The monoisotopic (exact) mass is 258 g/mol. The molecule has 108 valence electrons. The summed E-state index contributed by atoms with van der Waals surface area (Å²) in [6, 6.07) is 0.536. The number of hydrogen-bond acceptors (Lipinski definition) is 4. The molecule has 0 spiro atoms. The SMILES string of the molecule is CCC1COC(C)CN1CCCC(O)(CC)CN. The Balaban J connectivity index is 2.36. The van der Waals surface area contributed by atoms with E-state index in [4.69, 9.17) is 10.5 Å². The molecule has 1 aliphatic heterocycles. The number of hydrogen-bond donors (Lipinski definition) is 2. The predicted octanol–water partition coefficient (Wildman–Crippen LogP) is 1.37. The predicted molar refractivity (Wildman–Crippen MR) is 74.6 cm³/mol. The van der Waals surface area contributed by atoms with Crippen LogP contribution in [0.4, 0.5) is 0 Å². The third-order valence-corrected chi connectivity index (χ3v) is 4.18. The zero-order valence-electron chi connectivity index (χ0n) is 12.2. The minimum Gasteiger partial charge on any atom is -0.389 e. The van der Waals surface area contributed by atoms with E-state index >= 15 is 0 Å². The van der Waals surface area contributed by atoms with Crippen LogP contribution in [-0.4, -0.2) is 54.0 Å². The van der Waals surface area contributed by atoms with Gasteiger partial charge >= 0.3 is 0 Å². The lowest BCUT2D eigenvalue weighted by atomic mass is 9.94. The molecule has 0 amide bonds. The van der Waals surface area contributed by atoms with Gasteiger partial charge in [0.2, 0.25) is 0 Å². The Morgan fingerprint density at radius 2 is 2.17 bits per heavy atom. The maximum atomic E-state index is 10.2. The van der Waals surface area contributed by atoms with E-state index in [2.05, 4.69) is 18.7 Å². The van der Waals surface area contributed by atoms with Crippen LogP contribution in [0.15, 0.2) is 0 Å². The molecule has 1 heterocycles. The standard InChI is InChI=1S/C14H30N2O2/c1-4-13-10-18-12(3)9-16(13)8-6-7-14(17,5-2)11-15/h12-13,17H,4-11,15H2,1-3H3. The third-order valence-electron chi connectivity index (χ3n) is 4.18. The lowest BCUT2D eigenvalue weighted by Gasteiger charge is -2.38. The highest BCUT2D eigenvalue weighted by atomic mass is 16.5. The molecule has 18 heavy (non-hydrogen) atoms. The molecule has 3 unspecified atom stereocenters. The molecule has 0 aromatic rings. The molecule has 1 fully saturated rings. The maximum absolute atomic E-state index is 10.2. The summed E-state index contributed by atoms with van der Waals surface area (Å²) in [5.41, 5.74) is 4.96. The van der Waals surface area contributed by atoms with Gasteiger partial charge in [-0.15, -0.1) is 0 Å². The highest BCUT2D eigenvalue weighted by Crippen LogP contribution is 2.19. The zero-order chi connectivity index (χ0) is 13.6. The zero-order valence-corrected chi connectivity index (χ0v) is 12.2. The number of rotatable bonds is 7.